The third kappa shape index (κ3) is 3.32. The molecule has 1 aromatic heterocycles. The minimum absolute atomic E-state index is 0.0428. The first kappa shape index (κ1) is 12.7. The second-order valence-corrected chi connectivity index (χ2v) is 3.69. The predicted octanol–water partition coefficient (Wildman–Crippen LogP) is 1.61. The molecule has 6 nitrogen and oxygen atoms in total. The molecule has 0 saturated carbocycles. The standard InChI is InChI=1S/C9H13ClN4O2/c1-3-11-4-7(2)5-13-6-8(10)9(12-13)14(15)16/h6,11H,2-5H2,1H3. The van der Waals surface area contributed by atoms with Crippen LogP contribution in [-0.4, -0.2) is 27.8 Å². The topological polar surface area (TPSA) is 73.0 Å². The largest absolute Gasteiger partial charge is 0.408 e. The van der Waals surface area contributed by atoms with E-state index in [9.17, 15) is 10.1 Å². The van der Waals surface area contributed by atoms with Gasteiger partial charge in [-0.3, -0.25) is 0 Å². The maximum absolute atomic E-state index is 10.5. The molecular formula is C9H13ClN4O2. The average molecular weight is 245 g/mol. The monoisotopic (exact) mass is 244 g/mol. The molecule has 0 bridgehead atoms. The number of nitrogens with one attached hydrogen (secondary N) is 1. The minimum Gasteiger partial charge on any atom is -0.358 e. The van der Waals surface area contributed by atoms with Crippen LogP contribution in [0.15, 0.2) is 18.3 Å². The van der Waals surface area contributed by atoms with Crippen molar-refractivity contribution in [2.24, 2.45) is 0 Å². The zero-order valence-corrected chi connectivity index (χ0v) is 9.70. The average Bonchev–Trinajstić information content (AvgIpc) is 2.56. The van der Waals surface area contributed by atoms with Gasteiger partial charge in [-0.05, 0) is 17.0 Å². The predicted molar refractivity (Wildman–Crippen MR) is 61.6 cm³/mol. The van der Waals surface area contributed by atoms with Crippen molar-refractivity contribution in [3.63, 3.8) is 0 Å². The van der Waals surface area contributed by atoms with E-state index in [1.807, 2.05) is 6.92 Å². The van der Waals surface area contributed by atoms with E-state index in [0.717, 1.165) is 12.1 Å². The van der Waals surface area contributed by atoms with Gasteiger partial charge in [-0.1, -0.05) is 25.1 Å². The van der Waals surface area contributed by atoms with Crippen LogP contribution in [0.5, 0.6) is 0 Å². The molecule has 0 unspecified atom stereocenters. The lowest BCUT2D eigenvalue weighted by Gasteiger charge is -2.03. The summed E-state index contributed by atoms with van der Waals surface area (Å²) in [5, 5.41) is 17.4. The molecule has 1 aromatic rings. The summed E-state index contributed by atoms with van der Waals surface area (Å²) in [6, 6.07) is 0. The van der Waals surface area contributed by atoms with Crippen LogP contribution in [-0.2, 0) is 6.54 Å². The molecule has 16 heavy (non-hydrogen) atoms. The Morgan fingerprint density at radius 3 is 3.00 bits per heavy atom. The Hall–Kier alpha value is -1.40. The highest BCUT2D eigenvalue weighted by molar-refractivity contribution is 6.32. The maximum Gasteiger partial charge on any atom is 0.408 e. The molecule has 88 valence electrons. The van der Waals surface area contributed by atoms with Crippen LogP contribution in [0.1, 0.15) is 6.92 Å². The lowest BCUT2D eigenvalue weighted by atomic mass is 10.3. The van der Waals surface area contributed by atoms with Gasteiger partial charge in [-0.15, -0.1) is 0 Å². The van der Waals surface area contributed by atoms with E-state index in [1.165, 1.54) is 10.9 Å². The molecular weight excluding hydrogens is 232 g/mol. The minimum atomic E-state index is -0.605. The van der Waals surface area contributed by atoms with Gasteiger partial charge in [0.25, 0.3) is 0 Å². The van der Waals surface area contributed by atoms with Crippen molar-refractivity contribution in [1.29, 1.82) is 0 Å². The third-order valence-electron chi connectivity index (χ3n) is 1.88. The Morgan fingerprint density at radius 1 is 1.81 bits per heavy atom. The number of nitrogens with zero attached hydrogens (tertiary/aromatic N) is 3. The van der Waals surface area contributed by atoms with Gasteiger partial charge < -0.3 is 15.4 Å². The molecule has 0 aliphatic rings. The van der Waals surface area contributed by atoms with Crippen molar-refractivity contribution in [3.05, 3.63) is 33.5 Å². The van der Waals surface area contributed by atoms with Crippen molar-refractivity contribution in [2.45, 2.75) is 13.5 Å². The lowest BCUT2D eigenvalue weighted by molar-refractivity contribution is -0.389. The molecule has 0 aliphatic carbocycles. The second-order valence-electron chi connectivity index (χ2n) is 3.29. The van der Waals surface area contributed by atoms with Gasteiger partial charge in [0.2, 0.25) is 0 Å². The van der Waals surface area contributed by atoms with E-state index in [1.54, 1.807) is 0 Å². The highest BCUT2D eigenvalue weighted by Gasteiger charge is 2.18. The quantitative estimate of drug-likeness (QED) is 0.469. The highest BCUT2D eigenvalue weighted by Crippen LogP contribution is 2.21. The van der Waals surface area contributed by atoms with E-state index in [0.29, 0.717) is 13.1 Å². The van der Waals surface area contributed by atoms with Gasteiger partial charge in [-0.2, -0.15) is 4.68 Å². The molecule has 0 spiro atoms. The molecule has 0 radical (unpaired) electrons. The fourth-order valence-corrected chi connectivity index (χ4v) is 1.40. The van der Waals surface area contributed by atoms with Crippen molar-refractivity contribution >= 4 is 17.4 Å². The number of hydrogen-bond acceptors (Lipinski definition) is 4. The van der Waals surface area contributed by atoms with Crippen LogP contribution in [0.2, 0.25) is 5.02 Å². The molecule has 0 amide bonds. The van der Waals surface area contributed by atoms with Gasteiger partial charge in [0.05, 0.1) is 17.8 Å². The molecule has 0 saturated heterocycles. The number of hydrogen-bond donors (Lipinski definition) is 1. The smallest absolute Gasteiger partial charge is 0.358 e. The summed E-state index contributed by atoms with van der Waals surface area (Å²) in [4.78, 5) is 9.90. The van der Waals surface area contributed by atoms with E-state index < -0.39 is 4.92 Å². The van der Waals surface area contributed by atoms with Crippen LogP contribution >= 0.6 is 11.6 Å². The summed E-state index contributed by atoms with van der Waals surface area (Å²) in [5.74, 6) is -0.321. The van der Waals surface area contributed by atoms with E-state index >= 15 is 0 Å². The Kier molecular flexibility index (Phi) is 4.45. The fraction of sp³-hybridized carbons (Fsp3) is 0.444. The van der Waals surface area contributed by atoms with E-state index in [-0.39, 0.29) is 10.8 Å². The summed E-state index contributed by atoms with van der Waals surface area (Å²) >= 11 is 5.66. The lowest BCUT2D eigenvalue weighted by Crippen LogP contribution is -2.18. The fourth-order valence-electron chi connectivity index (χ4n) is 1.18. The number of halogens is 1. The SMILES string of the molecule is C=C(CNCC)Cn1cc(Cl)c([N+](=O)[O-])n1. The molecule has 0 aromatic carbocycles. The first-order chi connectivity index (χ1) is 7.54. The van der Waals surface area contributed by atoms with Gasteiger partial charge in [0.1, 0.15) is 0 Å². The van der Waals surface area contributed by atoms with Gasteiger partial charge in [0.15, 0.2) is 5.02 Å². The van der Waals surface area contributed by atoms with E-state index in [2.05, 4.69) is 17.0 Å². The summed E-state index contributed by atoms with van der Waals surface area (Å²) in [6.07, 6.45) is 1.43. The van der Waals surface area contributed by atoms with Crippen LogP contribution < -0.4 is 5.32 Å². The van der Waals surface area contributed by atoms with Crippen molar-refractivity contribution < 1.29 is 4.92 Å². The van der Waals surface area contributed by atoms with Crippen molar-refractivity contribution in [3.8, 4) is 0 Å². The molecule has 0 atom stereocenters. The molecule has 1 N–H and O–H groups in total. The molecule has 1 heterocycles. The zero-order chi connectivity index (χ0) is 12.1. The summed E-state index contributed by atoms with van der Waals surface area (Å²) in [6.45, 7) is 7.74. The normalized spacial score (nSPS) is 10.4. The summed E-state index contributed by atoms with van der Waals surface area (Å²) in [7, 11) is 0. The first-order valence-electron chi connectivity index (χ1n) is 4.79. The highest BCUT2D eigenvalue weighted by atomic mass is 35.5. The number of rotatable bonds is 6. The van der Waals surface area contributed by atoms with E-state index in [4.69, 9.17) is 11.6 Å². The Bertz CT molecular complexity index is 402. The Labute approximate surface area is 98.0 Å². The number of aromatic nitrogens is 2. The van der Waals surface area contributed by atoms with Crippen molar-refractivity contribution in [2.75, 3.05) is 13.1 Å². The van der Waals surface area contributed by atoms with Crippen molar-refractivity contribution in [1.82, 2.24) is 15.1 Å². The molecule has 0 fully saturated rings. The van der Waals surface area contributed by atoms with Gasteiger partial charge in [-0.25, -0.2) is 0 Å². The number of nitro groups is 1. The number of likely N-dealkylation sites (N-methyl/N-ethyl adjacent to an activating group) is 1. The molecule has 7 heteroatoms. The summed E-state index contributed by atoms with van der Waals surface area (Å²) < 4.78 is 1.42. The zero-order valence-electron chi connectivity index (χ0n) is 8.94. The van der Waals surface area contributed by atoms with Crippen LogP contribution in [0.25, 0.3) is 0 Å². The van der Waals surface area contributed by atoms with Gasteiger partial charge in [0, 0.05) is 6.54 Å². The Morgan fingerprint density at radius 2 is 2.50 bits per heavy atom. The molecule has 0 aliphatic heterocycles. The third-order valence-corrected chi connectivity index (χ3v) is 2.15. The summed E-state index contributed by atoms with van der Waals surface area (Å²) in [5.41, 5.74) is 0.885. The van der Waals surface area contributed by atoms with Crippen LogP contribution in [0, 0.1) is 10.1 Å². The maximum atomic E-state index is 10.5. The first-order valence-corrected chi connectivity index (χ1v) is 5.17. The van der Waals surface area contributed by atoms with Crippen LogP contribution in [0.3, 0.4) is 0 Å². The van der Waals surface area contributed by atoms with Gasteiger partial charge >= 0.3 is 5.82 Å². The second kappa shape index (κ2) is 5.62. The molecule has 1 rings (SSSR count). The van der Waals surface area contributed by atoms with Crippen LogP contribution in [0.4, 0.5) is 5.82 Å². The Balaban J connectivity index is 2.64.